The SMILES string of the molecule is CN(Cc1ccsc1)C(=O)NCCSCc1ccccc1F. The van der Waals surface area contributed by atoms with Crippen molar-refractivity contribution < 1.29 is 9.18 Å². The fourth-order valence-electron chi connectivity index (χ4n) is 1.89. The molecule has 0 spiro atoms. The lowest BCUT2D eigenvalue weighted by Gasteiger charge is -2.17. The summed E-state index contributed by atoms with van der Waals surface area (Å²) in [6, 6.07) is 8.70. The van der Waals surface area contributed by atoms with Gasteiger partial charge in [0, 0.05) is 31.6 Å². The molecule has 0 unspecified atom stereocenters. The summed E-state index contributed by atoms with van der Waals surface area (Å²) >= 11 is 3.23. The van der Waals surface area contributed by atoms with E-state index in [4.69, 9.17) is 0 Å². The minimum Gasteiger partial charge on any atom is -0.337 e. The lowest BCUT2D eigenvalue weighted by Crippen LogP contribution is -2.37. The maximum absolute atomic E-state index is 13.4. The van der Waals surface area contributed by atoms with E-state index < -0.39 is 0 Å². The normalized spacial score (nSPS) is 10.5. The number of thiophene rings is 1. The first-order valence-corrected chi connectivity index (χ1v) is 9.08. The van der Waals surface area contributed by atoms with Crippen molar-refractivity contribution in [1.82, 2.24) is 10.2 Å². The van der Waals surface area contributed by atoms with Crippen LogP contribution in [0.25, 0.3) is 0 Å². The lowest BCUT2D eigenvalue weighted by atomic mass is 10.2. The number of nitrogens with zero attached hydrogens (tertiary/aromatic N) is 1. The third-order valence-corrected chi connectivity index (χ3v) is 4.82. The first-order chi connectivity index (χ1) is 10.7. The summed E-state index contributed by atoms with van der Waals surface area (Å²) in [4.78, 5) is 13.6. The summed E-state index contributed by atoms with van der Waals surface area (Å²) < 4.78 is 13.4. The van der Waals surface area contributed by atoms with Crippen LogP contribution < -0.4 is 5.32 Å². The quantitative estimate of drug-likeness (QED) is 0.775. The highest BCUT2D eigenvalue weighted by Gasteiger charge is 2.08. The lowest BCUT2D eigenvalue weighted by molar-refractivity contribution is 0.207. The Morgan fingerprint density at radius 2 is 2.18 bits per heavy atom. The molecule has 2 rings (SSSR count). The van der Waals surface area contributed by atoms with E-state index in [1.54, 1.807) is 47.2 Å². The van der Waals surface area contributed by atoms with Crippen molar-refractivity contribution in [3.63, 3.8) is 0 Å². The third-order valence-electron chi connectivity index (χ3n) is 3.08. The van der Waals surface area contributed by atoms with Crippen molar-refractivity contribution in [1.29, 1.82) is 0 Å². The van der Waals surface area contributed by atoms with Gasteiger partial charge in [0.25, 0.3) is 0 Å². The summed E-state index contributed by atoms with van der Waals surface area (Å²) in [5.74, 6) is 1.20. The van der Waals surface area contributed by atoms with E-state index >= 15 is 0 Å². The Bertz CT molecular complexity index is 590. The number of benzene rings is 1. The Labute approximate surface area is 138 Å². The molecule has 0 atom stereocenters. The average molecular weight is 338 g/mol. The third kappa shape index (κ3) is 5.35. The Morgan fingerprint density at radius 1 is 1.36 bits per heavy atom. The standard InChI is InChI=1S/C16H19FN2OS2/c1-19(10-13-6-8-21-11-13)16(20)18-7-9-22-12-14-4-2-3-5-15(14)17/h2-6,8,11H,7,9-10,12H2,1H3,(H,18,20). The van der Waals surface area contributed by atoms with E-state index in [1.165, 1.54) is 6.07 Å². The second kappa shape index (κ2) is 8.80. The zero-order chi connectivity index (χ0) is 15.8. The van der Waals surface area contributed by atoms with Crippen molar-refractivity contribution in [2.24, 2.45) is 0 Å². The maximum atomic E-state index is 13.4. The van der Waals surface area contributed by atoms with E-state index in [0.29, 0.717) is 24.4 Å². The summed E-state index contributed by atoms with van der Waals surface area (Å²) in [7, 11) is 1.78. The number of nitrogens with one attached hydrogen (secondary N) is 1. The Kier molecular flexibility index (Phi) is 6.74. The van der Waals surface area contributed by atoms with Gasteiger partial charge in [-0.3, -0.25) is 0 Å². The number of carbonyl (C=O) groups is 1. The molecule has 0 aliphatic carbocycles. The zero-order valence-corrected chi connectivity index (χ0v) is 14.1. The minimum absolute atomic E-state index is 0.0855. The van der Waals surface area contributed by atoms with E-state index in [-0.39, 0.29) is 11.8 Å². The topological polar surface area (TPSA) is 32.3 Å². The number of urea groups is 1. The van der Waals surface area contributed by atoms with Crippen LogP contribution in [0.5, 0.6) is 0 Å². The molecule has 1 heterocycles. The van der Waals surface area contributed by atoms with Gasteiger partial charge in [0.15, 0.2) is 0 Å². The van der Waals surface area contributed by atoms with Crippen molar-refractivity contribution in [2.45, 2.75) is 12.3 Å². The molecule has 2 amide bonds. The van der Waals surface area contributed by atoms with Gasteiger partial charge in [0.1, 0.15) is 5.82 Å². The molecule has 0 radical (unpaired) electrons. The van der Waals surface area contributed by atoms with Gasteiger partial charge in [-0.05, 0) is 34.0 Å². The number of hydrogen-bond acceptors (Lipinski definition) is 3. The van der Waals surface area contributed by atoms with Crippen LogP contribution in [-0.2, 0) is 12.3 Å². The van der Waals surface area contributed by atoms with Gasteiger partial charge in [-0.15, -0.1) is 0 Å². The van der Waals surface area contributed by atoms with Gasteiger partial charge in [-0.1, -0.05) is 18.2 Å². The second-order valence-corrected chi connectivity index (χ2v) is 6.75. The predicted octanol–water partition coefficient (Wildman–Crippen LogP) is 3.96. The average Bonchev–Trinajstić information content (AvgIpc) is 3.01. The molecule has 2 aromatic rings. The van der Waals surface area contributed by atoms with Crippen molar-refractivity contribution in [3.8, 4) is 0 Å². The van der Waals surface area contributed by atoms with Crippen molar-refractivity contribution in [3.05, 3.63) is 58.0 Å². The molecule has 1 aromatic heterocycles. The van der Waals surface area contributed by atoms with Crippen LogP contribution in [0.3, 0.4) is 0 Å². The molecule has 22 heavy (non-hydrogen) atoms. The van der Waals surface area contributed by atoms with Gasteiger partial charge in [0.05, 0.1) is 0 Å². The zero-order valence-electron chi connectivity index (χ0n) is 12.4. The second-order valence-electron chi connectivity index (χ2n) is 4.86. The molecule has 0 fully saturated rings. The number of rotatable bonds is 7. The van der Waals surface area contributed by atoms with E-state index in [0.717, 1.165) is 11.3 Å². The van der Waals surface area contributed by atoms with Crippen LogP contribution >= 0.6 is 23.1 Å². The fourth-order valence-corrected chi connectivity index (χ4v) is 3.40. The van der Waals surface area contributed by atoms with E-state index in [2.05, 4.69) is 5.32 Å². The number of hydrogen-bond donors (Lipinski definition) is 1. The predicted molar refractivity (Wildman–Crippen MR) is 91.7 cm³/mol. The highest BCUT2D eigenvalue weighted by Crippen LogP contribution is 2.14. The molecule has 0 saturated carbocycles. The molecular weight excluding hydrogens is 319 g/mol. The van der Waals surface area contributed by atoms with Crippen LogP contribution in [-0.4, -0.2) is 30.3 Å². The number of thioether (sulfide) groups is 1. The highest BCUT2D eigenvalue weighted by atomic mass is 32.2. The molecule has 0 aliphatic heterocycles. The number of amides is 2. The highest BCUT2D eigenvalue weighted by molar-refractivity contribution is 7.98. The van der Waals surface area contributed by atoms with Crippen LogP contribution in [0.2, 0.25) is 0 Å². The summed E-state index contributed by atoms with van der Waals surface area (Å²) in [6.07, 6.45) is 0. The summed E-state index contributed by atoms with van der Waals surface area (Å²) in [5.41, 5.74) is 1.84. The smallest absolute Gasteiger partial charge is 0.317 e. The molecule has 0 aliphatic rings. The largest absolute Gasteiger partial charge is 0.337 e. The van der Waals surface area contributed by atoms with Gasteiger partial charge < -0.3 is 10.2 Å². The van der Waals surface area contributed by atoms with Crippen LogP contribution in [0.1, 0.15) is 11.1 Å². The van der Waals surface area contributed by atoms with Gasteiger partial charge >= 0.3 is 6.03 Å². The molecule has 1 aromatic carbocycles. The Hall–Kier alpha value is -1.53. The Balaban J connectivity index is 1.62. The Morgan fingerprint density at radius 3 is 2.91 bits per heavy atom. The molecule has 118 valence electrons. The van der Waals surface area contributed by atoms with Gasteiger partial charge in [-0.25, -0.2) is 9.18 Å². The van der Waals surface area contributed by atoms with Crippen molar-refractivity contribution in [2.75, 3.05) is 19.3 Å². The molecule has 6 heteroatoms. The van der Waals surface area contributed by atoms with Crippen LogP contribution in [0, 0.1) is 5.82 Å². The van der Waals surface area contributed by atoms with Crippen LogP contribution in [0.4, 0.5) is 9.18 Å². The first kappa shape index (κ1) is 16.8. The number of halogens is 1. The molecule has 3 nitrogen and oxygen atoms in total. The monoisotopic (exact) mass is 338 g/mol. The number of carbonyl (C=O) groups excluding carboxylic acids is 1. The summed E-state index contributed by atoms with van der Waals surface area (Å²) in [5, 5.41) is 6.91. The fraction of sp³-hybridized carbons (Fsp3) is 0.312. The molecule has 0 bridgehead atoms. The molecule has 1 N–H and O–H groups in total. The minimum atomic E-state index is -0.172. The van der Waals surface area contributed by atoms with Crippen molar-refractivity contribution >= 4 is 29.1 Å². The van der Waals surface area contributed by atoms with Gasteiger partial charge in [-0.2, -0.15) is 23.1 Å². The molecule has 0 saturated heterocycles. The first-order valence-electron chi connectivity index (χ1n) is 6.98. The van der Waals surface area contributed by atoms with E-state index in [9.17, 15) is 9.18 Å². The summed E-state index contributed by atoms with van der Waals surface area (Å²) in [6.45, 7) is 1.18. The molecular formula is C16H19FN2OS2. The van der Waals surface area contributed by atoms with Crippen LogP contribution in [0.15, 0.2) is 41.1 Å². The van der Waals surface area contributed by atoms with E-state index in [1.807, 2.05) is 22.9 Å². The maximum Gasteiger partial charge on any atom is 0.317 e. The van der Waals surface area contributed by atoms with Gasteiger partial charge in [0.2, 0.25) is 0 Å².